The number of hydrogen-bond acceptors (Lipinski definition) is 4. The summed E-state index contributed by atoms with van der Waals surface area (Å²) < 4.78 is 1.88. The summed E-state index contributed by atoms with van der Waals surface area (Å²) in [7, 11) is 0. The molecule has 1 amide bonds. The highest BCUT2D eigenvalue weighted by molar-refractivity contribution is 5.94. The van der Waals surface area contributed by atoms with Crippen molar-refractivity contribution in [3.63, 3.8) is 0 Å². The molecule has 6 nitrogen and oxygen atoms in total. The Morgan fingerprint density at radius 2 is 2.00 bits per heavy atom. The Labute approximate surface area is 140 Å². The quantitative estimate of drug-likeness (QED) is 0.754. The zero-order valence-corrected chi connectivity index (χ0v) is 13.7. The van der Waals surface area contributed by atoms with Gasteiger partial charge < -0.3 is 10.4 Å². The summed E-state index contributed by atoms with van der Waals surface area (Å²) >= 11 is 0. The fraction of sp³-hybridized carbons (Fsp3) is 0.278. The molecule has 6 heteroatoms. The van der Waals surface area contributed by atoms with E-state index in [1.54, 1.807) is 24.7 Å². The van der Waals surface area contributed by atoms with E-state index in [1.165, 1.54) is 0 Å². The van der Waals surface area contributed by atoms with Crippen LogP contribution in [0.5, 0.6) is 0 Å². The van der Waals surface area contributed by atoms with Crippen molar-refractivity contribution in [3.05, 3.63) is 54.5 Å². The third-order valence-corrected chi connectivity index (χ3v) is 4.21. The van der Waals surface area contributed by atoms with Crippen LogP contribution in [0.15, 0.2) is 48.9 Å². The van der Waals surface area contributed by atoms with Gasteiger partial charge in [0.1, 0.15) is 12.1 Å². The highest BCUT2D eigenvalue weighted by Crippen LogP contribution is 2.16. The number of aliphatic hydroxyl groups excluding tert-OH is 1. The van der Waals surface area contributed by atoms with Crippen molar-refractivity contribution in [2.45, 2.75) is 19.9 Å². The molecule has 3 rings (SSSR count). The van der Waals surface area contributed by atoms with Crippen molar-refractivity contribution in [2.75, 3.05) is 6.61 Å². The van der Waals surface area contributed by atoms with Gasteiger partial charge in [0.15, 0.2) is 0 Å². The zero-order valence-electron chi connectivity index (χ0n) is 13.7. The van der Waals surface area contributed by atoms with Crippen LogP contribution in [0.4, 0.5) is 0 Å². The van der Waals surface area contributed by atoms with Gasteiger partial charge in [-0.2, -0.15) is 0 Å². The minimum Gasteiger partial charge on any atom is -0.396 e. The minimum absolute atomic E-state index is 0.00139. The van der Waals surface area contributed by atoms with Gasteiger partial charge in [-0.1, -0.05) is 19.1 Å². The predicted molar refractivity (Wildman–Crippen MR) is 92.0 cm³/mol. The van der Waals surface area contributed by atoms with Gasteiger partial charge in [0.2, 0.25) is 0 Å². The van der Waals surface area contributed by atoms with Crippen LogP contribution < -0.4 is 5.32 Å². The average molecular weight is 324 g/mol. The molecule has 0 spiro atoms. The molecule has 124 valence electrons. The lowest BCUT2D eigenvalue weighted by molar-refractivity contribution is 0.0916. The number of nitrogens with zero attached hydrogens (tertiary/aromatic N) is 3. The van der Waals surface area contributed by atoms with E-state index in [4.69, 9.17) is 5.11 Å². The molecule has 2 N–H and O–H groups in total. The monoisotopic (exact) mass is 324 g/mol. The van der Waals surface area contributed by atoms with E-state index >= 15 is 0 Å². The lowest BCUT2D eigenvalue weighted by Crippen LogP contribution is -2.38. The molecule has 3 aromatic rings. The smallest absolute Gasteiger partial charge is 0.253 e. The van der Waals surface area contributed by atoms with E-state index in [0.29, 0.717) is 11.4 Å². The lowest BCUT2D eigenvalue weighted by atomic mass is 10.0. The number of amides is 1. The second kappa shape index (κ2) is 6.80. The Bertz CT molecular complexity index is 842. The van der Waals surface area contributed by atoms with E-state index < -0.39 is 0 Å². The first-order valence-electron chi connectivity index (χ1n) is 7.90. The number of carbonyl (C=O) groups excluding carboxylic acids is 1. The Morgan fingerprint density at radius 3 is 2.71 bits per heavy atom. The van der Waals surface area contributed by atoms with Gasteiger partial charge in [-0.05, 0) is 37.1 Å². The van der Waals surface area contributed by atoms with Crippen LogP contribution in [0.1, 0.15) is 24.2 Å². The number of fused-ring (bicyclic) bond motifs is 1. The predicted octanol–water partition coefficient (Wildman–Crippen LogP) is 2.17. The van der Waals surface area contributed by atoms with Gasteiger partial charge in [0.05, 0.1) is 16.6 Å². The Morgan fingerprint density at radius 1 is 1.21 bits per heavy atom. The van der Waals surface area contributed by atoms with E-state index in [2.05, 4.69) is 15.3 Å². The fourth-order valence-corrected chi connectivity index (χ4v) is 2.40. The number of pyridine rings is 1. The van der Waals surface area contributed by atoms with Crippen LogP contribution in [0.3, 0.4) is 0 Å². The molecule has 24 heavy (non-hydrogen) atoms. The molecule has 0 aliphatic carbocycles. The van der Waals surface area contributed by atoms with Crippen molar-refractivity contribution in [2.24, 2.45) is 5.92 Å². The number of aliphatic hydroxyl groups is 1. The second-order valence-corrected chi connectivity index (χ2v) is 5.93. The molecule has 0 bridgehead atoms. The number of hydrogen-bond donors (Lipinski definition) is 2. The third kappa shape index (κ3) is 3.14. The summed E-state index contributed by atoms with van der Waals surface area (Å²) in [5.74, 6) is 0.507. The molecule has 0 aliphatic heterocycles. The maximum absolute atomic E-state index is 12.2. The first kappa shape index (κ1) is 16.1. The third-order valence-electron chi connectivity index (χ3n) is 4.21. The van der Waals surface area contributed by atoms with E-state index in [0.717, 1.165) is 11.0 Å². The van der Waals surface area contributed by atoms with Crippen LogP contribution in [0.2, 0.25) is 0 Å². The summed E-state index contributed by atoms with van der Waals surface area (Å²) in [6, 6.07) is 11.2. The Kier molecular flexibility index (Phi) is 4.57. The van der Waals surface area contributed by atoms with E-state index in [1.807, 2.05) is 42.7 Å². The van der Waals surface area contributed by atoms with Gasteiger partial charge in [0.25, 0.3) is 5.91 Å². The molecule has 2 atom stereocenters. The minimum atomic E-state index is -0.197. The number of aromatic nitrogens is 3. The number of para-hydroxylation sites is 2. The first-order valence-corrected chi connectivity index (χ1v) is 7.90. The molecule has 0 saturated carbocycles. The maximum atomic E-state index is 12.2. The fourth-order valence-electron chi connectivity index (χ4n) is 2.40. The van der Waals surface area contributed by atoms with Gasteiger partial charge in [-0.25, -0.2) is 9.97 Å². The summed E-state index contributed by atoms with van der Waals surface area (Å²) in [6.45, 7) is 3.79. The lowest BCUT2D eigenvalue weighted by Gasteiger charge is -2.19. The van der Waals surface area contributed by atoms with Crippen LogP contribution in [-0.4, -0.2) is 38.2 Å². The number of nitrogens with one attached hydrogen (secondary N) is 1. The number of benzene rings is 1. The standard InChI is InChI=1S/C18H20N4O2/c1-12(10-23)13(2)21-18(24)14-7-8-17(19-9-14)22-11-20-15-5-3-4-6-16(15)22/h3-9,11-13,23H,10H2,1-2H3,(H,21,24). The van der Waals surface area contributed by atoms with Crippen molar-refractivity contribution in [3.8, 4) is 5.82 Å². The van der Waals surface area contributed by atoms with Crippen LogP contribution in [-0.2, 0) is 0 Å². The van der Waals surface area contributed by atoms with Crippen LogP contribution in [0.25, 0.3) is 16.9 Å². The highest BCUT2D eigenvalue weighted by Gasteiger charge is 2.15. The Balaban J connectivity index is 1.79. The van der Waals surface area contributed by atoms with Crippen molar-refractivity contribution in [1.29, 1.82) is 0 Å². The Hall–Kier alpha value is -2.73. The van der Waals surface area contributed by atoms with Gasteiger partial charge in [0, 0.05) is 18.8 Å². The van der Waals surface area contributed by atoms with Crippen LogP contribution in [0, 0.1) is 5.92 Å². The molecule has 2 aromatic heterocycles. The van der Waals surface area contributed by atoms with Gasteiger partial charge in [-0.15, -0.1) is 0 Å². The van der Waals surface area contributed by atoms with Gasteiger partial charge in [-0.3, -0.25) is 9.36 Å². The molecular weight excluding hydrogens is 304 g/mol. The highest BCUT2D eigenvalue weighted by atomic mass is 16.3. The normalized spacial score (nSPS) is 13.6. The SMILES string of the molecule is CC(CO)C(C)NC(=O)c1ccc(-n2cnc3ccccc32)nc1. The van der Waals surface area contributed by atoms with Crippen molar-refractivity contribution < 1.29 is 9.90 Å². The van der Waals surface area contributed by atoms with Gasteiger partial charge >= 0.3 is 0 Å². The second-order valence-electron chi connectivity index (χ2n) is 5.93. The molecule has 2 heterocycles. The molecular formula is C18H20N4O2. The summed E-state index contributed by atoms with van der Waals surface area (Å²) in [4.78, 5) is 21.0. The van der Waals surface area contributed by atoms with E-state index in [9.17, 15) is 4.79 Å². The summed E-state index contributed by atoms with van der Waals surface area (Å²) in [6.07, 6.45) is 3.27. The number of carbonyl (C=O) groups is 1. The van der Waals surface area contributed by atoms with E-state index in [-0.39, 0.29) is 24.5 Å². The topological polar surface area (TPSA) is 80.0 Å². The maximum Gasteiger partial charge on any atom is 0.253 e. The summed E-state index contributed by atoms with van der Waals surface area (Å²) in [5.41, 5.74) is 2.35. The number of rotatable bonds is 5. The molecule has 2 unspecified atom stereocenters. The van der Waals surface area contributed by atoms with Crippen LogP contribution >= 0.6 is 0 Å². The molecule has 0 fully saturated rings. The summed E-state index contributed by atoms with van der Waals surface area (Å²) in [5, 5.41) is 12.0. The zero-order chi connectivity index (χ0) is 17.1. The first-order chi connectivity index (χ1) is 11.6. The molecule has 0 radical (unpaired) electrons. The molecule has 0 saturated heterocycles. The van der Waals surface area contributed by atoms with Crippen molar-refractivity contribution >= 4 is 16.9 Å². The molecule has 1 aromatic carbocycles. The average Bonchev–Trinajstić information content (AvgIpc) is 3.05. The number of imidazole rings is 1. The molecule has 0 aliphatic rings. The largest absolute Gasteiger partial charge is 0.396 e. The van der Waals surface area contributed by atoms with Crippen molar-refractivity contribution in [1.82, 2.24) is 19.9 Å².